The standard InChI is InChI=1S/C28H45NO8/c1-17(2)20(30)14-28(5,6)16-27(3,4)12-13-36-26-24(33)23(32)22(31)21(37-26)15-29-25(34)18-8-10-19(35-7)11-9-18/h8-11,17,21-24,26,31-33H,12-16H2,1-7H3,(H,29,34). The quantitative estimate of drug-likeness (QED) is 0.310. The third kappa shape index (κ3) is 9.33. The van der Waals surface area contributed by atoms with E-state index in [0.29, 0.717) is 24.2 Å². The van der Waals surface area contributed by atoms with E-state index in [1.165, 1.54) is 7.11 Å². The molecule has 9 heteroatoms. The van der Waals surface area contributed by atoms with Crippen LogP contribution in [0.2, 0.25) is 0 Å². The summed E-state index contributed by atoms with van der Waals surface area (Å²) in [7, 11) is 1.53. The molecule has 4 N–H and O–H groups in total. The number of Topliss-reactive ketones (excluding diaryl/α,β-unsaturated/α-hetero) is 1. The number of ether oxygens (including phenoxy) is 3. The fourth-order valence-corrected chi connectivity index (χ4v) is 4.83. The molecular formula is C28H45NO8. The minimum atomic E-state index is -1.49. The lowest BCUT2D eigenvalue weighted by Crippen LogP contribution is -2.60. The van der Waals surface area contributed by atoms with Crippen molar-refractivity contribution in [3.05, 3.63) is 29.8 Å². The van der Waals surface area contributed by atoms with Gasteiger partial charge in [-0.2, -0.15) is 0 Å². The third-order valence-corrected chi connectivity index (χ3v) is 6.80. The lowest BCUT2D eigenvalue weighted by Gasteiger charge is -2.41. The number of methoxy groups -OCH3 is 1. The molecule has 0 radical (unpaired) electrons. The first-order chi connectivity index (χ1) is 17.2. The van der Waals surface area contributed by atoms with Crippen molar-refractivity contribution in [1.82, 2.24) is 5.32 Å². The normalized spacial score (nSPS) is 24.7. The SMILES string of the molecule is COc1ccc(C(=O)NCC2OC(OCCC(C)(C)CC(C)(C)CC(=O)C(C)C)C(O)C(O)C2O)cc1. The van der Waals surface area contributed by atoms with Gasteiger partial charge in [0.1, 0.15) is 35.9 Å². The minimum absolute atomic E-state index is 0.00590. The van der Waals surface area contributed by atoms with E-state index < -0.39 is 30.7 Å². The second-order valence-electron chi connectivity index (χ2n) is 11.9. The van der Waals surface area contributed by atoms with Gasteiger partial charge in [0.25, 0.3) is 5.91 Å². The van der Waals surface area contributed by atoms with Gasteiger partial charge in [0.2, 0.25) is 0 Å². The van der Waals surface area contributed by atoms with Crippen molar-refractivity contribution in [1.29, 1.82) is 0 Å². The number of ketones is 1. The van der Waals surface area contributed by atoms with E-state index >= 15 is 0 Å². The van der Waals surface area contributed by atoms with Crippen molar-refractivity contribution >= 4 is 11.7 Å². The van der Waals surface area contributed by atoms with Crippen LogP contribution in [0.5, 0.6) is 5.75 Å². The molecule has 0 saturated carbocycles. The lowest BCUT2D eigenvalue weighted by molar-refractivity contribution is -0.296. The maximum atomic E-state index is 12.5. The zero-order chi connectivity index (χ0) is 28.0. The molecule has 2 rings (SSSR count). The molecule has 1 heterocycles. The third-order valence-electron chi connectivity index (χ3n) is 6.80. The summed E-state index contributed by atoms with van der Waals surface area (Å²) in [6, 6.07) is 6.54. The summed E-state index contributed by atoms with van der Waals surface area (Å²) in [6.07, 6.45) is -4.52. The average molecular weight is 524 g/mol. The summed E-state index contributed by atoms with van der Waals surface area (Å²) in [5, 5.41) is 33.8. The summed E-state index contributed by atoms with van der Waals surface area (Å²) in [5.74, 6) is 0.493. The Morgan fingerprint density at radius 1 is 1.00 bits per heavy atom. The number of aliphatic hydroxyl groups is 3. The van der Waals surface area contributed by atoms with E-state index in [4.69, 9.17) is 14.2 Å². The summed E-state index contributed by atoms with van der Waals surface area (Å²) >= 11 is 0. The van der Waals surface area contributed by atoms with Crippen LogP contribution in [0.25, 0.3) is 0 Å². The van der Waals surface area contributed by atoms with E-state index in [2.05, 4.69) is 33.0 Å². The molecule has 0 aromatic heterocycles. The Hall–Kier alpha value is -2.04. The average Bonchev–Trinajstić information content (AvgIpc) is 2.81. The molecule has 1 aliphatic rings. The van der Waals surface area contributed by atoms with Crippen LogP contribution in [0.1, 0.15) is 71.2 Å². The van der Waals surface area contributed by atoms with Crippen LogP contribution in [0.15, 0.2) is 24.3 Å². The van der Waals surface area contributed by atoms with Crippen molar-refractivity contribution in [2.24, 2.45) is 16.7 Å². The second kappa shape index (κ2) is 13.2. The van der Waals surface area contributed by atoms with Gasteiger partial charge in [0.15, 0.2) is 6.29 Å². The molecular weight excluding hydrogens is 478 g/mol. The van der Waals surface area contributed by atoms with Crippen LogP contribution in [0, 0.1) is 16.7 Å². The molecule has 0 bridgehead atoms. The van der Waals surface area contributed by atoms with E-state index in [1.54, 1.807) is 24.3 Å². The number of carbonyl (C=O) groups is 2. The lowest BCUT2D eigenvalue weighted by atomic mass is 9.70. The van der Waals surface area contributed by atoms with Gasteiger partial charge in [-0.15, -0.1) is 0 Å². The van der Waals surface area contributed by atoms with Gasteiger partial charge in [0.05, 0.1) is 13.7 Å². The van der Waals surface area contributed by atoms with Crippen LogP contribution < -0.4 is 10.1 Å². The van der Waals surface area contributed by atoms with Crippen LogP contribution in [-0.4, -0.2) is 78.0 Å². The smallest absolute Gasteiger partial charge is 0.251 e. The number of aliphatic hydroxyl groups excluding tert-OH is 3. The van der Waals surface area contributed by atoms with Gasteiger partial charge in [-0.1, -0.05) is 41.5 Å². The number of amides is 1. The molecule has 1 amide bonds. The largest absolute Gasteiger partial charge is 0.497 e. The summed E-state index contributed by atoms with van der Waals surface area (Å²) in [5.41, 5.74) is 0.0865. The predicted octanol–water partition coefficient (Wildman–Crippen LogP) is 2.70. The van der Waals surface area contributed by atoms with Crippen molar-refractivity contribution in [2.75, 3.05) is 20.3 Å². The number of carbonyl (C=O) groups excluding carboxylic acids is 2. The van der Waals surface area contributed by atoms with Gasteiger partial charge in [-0.25, -0.2) is 0 Å². The fraction of sp³-hybridized carbons (Fsp3) is 0.714. The monoisotopic (exact) mass is 523 g/mol. The molecule has 1 aromatic carbocycles. The zero-order valence-electron chi connectivity index (χ0n) is 23.2. The van der Waals surface area contributed by atoms with Crippen molar-refractivity contribution in [3.63, 3.8) is 0 Å². The summed E-state index contributed by atoms with van der Waals surface area (Å²) in [6.45, 7) is 12.4. The molecule has 0 spiro atoms. The van der Waals surface area contributed by atoms with E-state index in [9.17, 15) is 24.9 Å². The molecule has 1 fully saturated rings. The highest BCUT2D eigenvalue weighted by molar-refractivity contribution is 5.94. The Morgan fingerprint density at radius 2 is 1.62 bits per heavy atom. The molecule has 1 saturated heterocycles. The molecule has 5 unspecified atom stereocenters. The maximum Gasteiger partial charge on any atom is 0.251 e. The van der Waals surface area contributed by atoms with Crippen LogP contribution >= 0.6 is 0 Å². The Bertz CT molecular complexity index is 883. The molecule has 1 aromatic rings. The number of hydrogen-bond donors (Lipinski definition) is 4. The number of benzene rings is 1. The van der Waals surface area contributed by atoms with Gasteiger partial charge in [-0.05, 0) is 47.9 Å². The van der Waals surface area contributed by atoms with Crippen molar-refractivity contribution < 1.29 is 39.1 Å². The zero-order valence-corrected chi connectivity index (χ0v) is 23.2. The molecule has 37 heavy (non-hydrogen) atoms. The molecule has 0 aliphatic carbocycles. The topological polar surface area (TPSA) is 135 Å². The van der Waals surface area contributed by atoms with E-state index in [1.807, 2.05) is 13.8 Å². The highest BCUT2D eigenvalue weighted by atomic mass is 16.7. The first kappa shape index (κ1) is 31.2. The van der Waals surface area contributed by atoms with Crippen LogP contribution in [0.3, 0.4) is 0 Å². The Labute approximate surface area is 220 Å². The first-order valence-corrected chi connectivity index (χ1v) is 12.9. The second-order valence-corrected chi connectivity index (χ2v) is 11.9. The minimum Gasteiger partial charge on any atom is -0.497 e. The number of rotatable bonds is 13. The molecule has 1 aliphatic heterocycles. The Kier molecular flexibility index (Phi) is 11.1. The first-order valence-electron chi connectivity index (χ1n) is 12.9. The van der Waals surface area contributed by atoms with Gasteiger partial charge in [0, 0.05) is 24.4 Å². The van der Waals surface area contributed by atoms with Gasteiger partial charge < -0.3 is 34.8 Å². The van der Waals surface area contributed by atoms with Crippen molar-refractivity contribution in [3.8, 4) is 5.75 Å². The van der Waals surface area contributed by atoms with Gasteiger partial charge >= 0.3 is 0 Å². The van der Waals surface area contributed by atoms with Crippen LogP contribution in [0.4, 0.5) is 0 Å². The van der Waals surface area contributed by atoms with Gasteiger partial charge in [-0.3, -0.25) is 9.59 Å². The summed E-state index contributed by atoms with van der Waals surface area (Å²) < 4.78 is 16.6. The Balaban J connectivity index is 1.90. The highest BCUT2D eigenvalue weighted by Crippen LogP contribution is 2.39. The molecule has 210 valence electrons. The fourth-order valence-electron chi connectivity index (χ4n) is 4.83. The number of nitrogens with one attached hydrogen (secondary N) is 1. The van der Waals surface area contributed by atoms with E-state index in [0.717, 1.165) is 6.42 Å². The molecule has 9 nitrogen and oxygen atoms in total. The Morgan fingerprint density at radius 3 is 2.19 bits per heavy atom. The maximum absolute atomic E-state index is 12.5. The number of hydrogen-bond acceptors (Lipinski definition) is 8. The van der Waals surface area contributed by atoms with E-state index in [-0.39, 0.29) is 41.6 Å². The highest BCUT2D eigenvalue weighted by Gasteiger charge is 2.44. The molecule has 5 atom stereocenters. The van der Waals surface area contributed by atoms with Crippen molar-refractivity contribution in [2.45, 2.75) is 91.5 Å². The summed E-state index contributed by atoms with van der Waals surface area (Å²) in [4.78, 5) is 24.7. The van der Waals surface area contributed by atoms with Crippen LogP contribution in [-0.2, 0) is 14.3 Å². The predicted molar refractivity (Wildman–Crippen MR) is 139 cm³/mol.